The first kappa shape index (κ1) is 13.9. The maximum absolute atomic E-state index is 12.3. The molecule has 0 spiro atoms. The molecule has 1 heterocycles. The van der Waals surface area contributed by atoms with Gasteiger partial charge >= 0.3 is 0 Å². The van der Waals surface area contributed by atoms with Crippen LogP contribution in [0.4, 0.5) is 0 Å². The van der Waals surface area contributed by atoms with E-state index in [1.165, 1.54) is 5.56 Å². The molecule has 21 heavy (non-hydrogen) atoms. The standard InChI is InChI=1S/C17H20N2O2/c1-11-3-6-13(7-4-11)10-18-17(20)16-14-9-12(2)5-8-15(14)21-19-16/h3-4,6-7,12H,5,8-10H2,1-2H3,(H,18,20). The molecule has 1 aromatic heterocycles. The lowest BCUT2D eigenvalue weighted by atomic mass is 9.88. The Morgan fingerprint density at radius 2 is 2.14 bits per heavy atom. The minimum absolute atomic E-state index is 0.144. The Labute approximate surface area is 124 Å². The van der Waals surface area contributed by atoms with Gasteiger partial charge in [0.25, 0.3) is 5.91 Å². The van der Waals surface area contributed by atoms with E-state index in [2.05, 4.69) is 17.4 Å². The third-order valence-electron chi connectivity index (χ3n) is 4.08. The molecule has 1 aliphatic rings. The summed E-state index contributed by atoms with van der Waals surface area (Å²) in [7, 11) is 0. The zero-order chi connectivity index (χ0) is 14.8. The van der Waals surface area contributed by atoms with Crippen molar-refractivity contribution in [2.75, 3.05) is 0 Å². The van der Waals surface area contributed by atoms with Gasteiger partial charge in [0.1, 0.15) is 5.76 Å². The summed E-state index contributed by atoms with van der Waals surface area (Å²) in [5.74, 6) is 1.32. The van der Waals surface area contributed by atoms with Gasteiger partial charge in [-0.3, -0.25) is 4.79 Å². The number of nitrogens with zero attached hydrogens (tertiary/aromatic N) is 1. The second kappa shape index (κ2) is 5.72. The highest BCUT2D eigenvalue weighted by Crippen LogP contribution is 2.27. The van der Waals surface area contributed by atoms with Gasteiger partial charge in [0.15, 0.2) is 5.69 Å². The lowest BCUT2D eigenvalue weighted by Crippen LogP contribution is -2.25. The first-order valence-corrected chi connectivity index (χ1v) is 7.44. The topological polar surface area (TPSA) is 55.1 Å². The smallest absolute Gasteiger partial charge is 0.274 e. The van der Waals surface area contributed by atoms with Crippen LogP contribution in [0, 0.1) is 12.8 Å². The number of hydrogen-bond acceptors (Lipinski definition) is 3. The van der Waals surface area contributed by atoms with Gasteiger partial charge in [-0.2, -0.15) is 0 Å². The molecule has 0 radical (unpaired) electrons. The molecule has 1 atom stereocenters. The maximum atomic E-state index is 12.3. The van der Waals surface area contributed by atoms with Crippen LogP contribution in [0.5, 0.6) is 0 Å². The molecule has 1 aliphatic carbocycles. The minimum Gasteiger partial charge on any atom is -0.360 e. The number of aryl methyl sites for hydroxylation is 2. The number of benzene rings is 1. The molecule has 1 aromatic carbocycles. The van der Waals surface area contributed by atoms with Crippen molar-refractivity contribution in [2.45, 2.75) is 39.7 Å². The van der Waals surface area contributed by atoms with Gasteiger partial charge < -0.3 is 9.84 Å². The predicted molar refractivity (Wildman–Crippen MR) is 80.0 cm³/mol. The number of carbonyl (C=O) groups excluding carboxylic acids is 1. The number of amides is 1. The van der Waals surface area contributed by atoms with Crippen molar-refractivity contribution in [3.05, 3.63) is 52.4 Å². The van der Waals surface area contributed by atoms with E-state index in [0.29, 0.717) is 18.2 Å². The summed E-state index contributed by atoms with van der Waals surface area (Å²) >= 11 is 0. The number of aromatic nitrogens is 1. The third-order valence-corrected chi connectivity index (χ3v) is 4.08. The number of carbonyl (C=O) groups is 1. The Morgan fingerprint density at radius 1 is 1.38 bits per heavy atom. The Kier molecular flexibility index (Phi) is 3.78. The molecule has 0 fully saturated rings. The van der Waals surface area contributed by atoms with E-state index in [0.717, 1.165) is 36.1 Å². The zero-order valence-electron chi connectivity index (χ0n) is 12.5. The van der Waals surface area contributed by atoms with E-state index >= 15 is 0 Å². The average molecular weight is 284 g/mol. The van der Waals surface area contributed by atoms with Crippen molar-refractivity contribution in [1.82, 2.24) is 10.5 Å². The number of fused-ring (bicyclic) bond motifs is 1. The van der Waals surface area contributed by atoms with E-state index in [9.17, 15) is 4.79 Å². The van der Waals surface area contributed by atoms with Gasteiger partial charge in [-0.25, -0.2) is 0 Å². The normalized spacial score (nSPS) is 17.3. The molecule has 2 aromatic rings. The lowest BCUT2D eigenvalue weighted by molar-refractivity contribution is 0.0941. The number of nitrogens with one attached hydrogen (secondary N) is 1. The maximum Gasteiger partial charge on any atom is 0.274 e. The van der Waals surface area contributed by atoms with E-state index in [1.807, 2.05) is 31.2 Å². The van der Waals surface area contributed by atoms with Crippen molar-refractivity contribution in [1.29, 1.82) is 0 Å². The number of hydrogen-bond donors (Lipinski definition) is 1. The molecule has 0 aliphatic heterocycles. The van der Waals surface area contributed by atoms with Crippen LogP contribution in [0.15, 0.2) is 28.8 Å². The minimum atomic E-state index is -0.144. The van der Waals surface area contributed by atoms with Crippen LogP contribution in [-0.2, 0) is 19.4 Å². The average Bonchev–Trinajstić information content (AvgIpc) is 2.89. The Balaban J connectivity index is 1.68. The second-order valence-corrected chi connectivity index (χ2v) is 5.95. The molecule has 0 saturated heterocycles. The third kappa shape index (κ3) is 2.99. The molecular formula is C17H20N2O2. The van der Waals surface area contributed by atoms with Crippen molar-refractivity contribution in [3.8, 4) is 0 Å². The van der Waals surface area contributed by atoms with Gasteiger partial charge in [-0.05, 0) is 31.2 Å². The van der Waals surface area contributed by atoms with Gasteiger partial charge in [0, 0.05) is 18.5 Å². The van der Waals surface area contributed by atoms with Crippen molar-refractivity contribution >= 4 is 5.91 Å². The van der Waals surface area contributed by atoms with Gasteiger partial charge in [0.05, 0.1) is 0 Å². The Bertz CT molecular complexity index is 643. The second-order valence-electron chi connectivity index (χ2n) is 5.95. The lowest BCUT2D eigenvalue weighted by Gasteiger charge is -2.16. The molecule has 1 unspecified atom stereocenters. The fraction of sp³-hybridized carbons (Fsp3) is 0.412. The molecule has 0 saturated carbocycles. The molecule has 1 N–H and O–H groups in total. The summed E-state index contributed by atoms with van der Waals surface area (Å²) < 4.78 is 5.31. The first-order chi connectivity index (χ1) is 10.1. The molecule has 4 nitrogen and oxygen atoms in total. The van der Waals surface area contributed by atoms with Crippen molar-refractivity contribution < 1.29 is 9.32 Å². The van der Waals surface area contributed by atoms with E-state index in [1.54, 1.807) is 0 Å². The van der Waals surface area contributed by atoms with Gasteiger partial charge in [-0.15, -0.1) is 0 Å². The fourth-order valence-corrected chi connectivity index (χ4v) is 2.73. The molecular weight excluding hydrogens is 264 g/mol. The van der Waals surface area contributed by atoms with E-state index in [4.69, 9.17) is 4.52 Å². The largest absolute Gasteiger partial charge is 0.360 e. The summed E-state index contributed by atoms with van der Waals surface area (Å²) in [4.78, 5) is 12.3. The van der Waals surface area contributed by atoms with E-state index in [-0.39, 0.29) is 5.91 Å². The monoisotopic (exact) mass is 284 g/mol. The van der Waals surface area contributed by atoms with E-state index < -0.39 is 0 Å². The molecule has 110 valence electrons. The molecule has 4 heteroatoms. The Hall–Kier alpha value is -2.10. The quantitative estimate of drug-likeness (QED) is 0.942. The highest BCUT2D eigenvalue weighted by atomic mass is 16.5. The summed E-state index contributed by atoms with van der Waals surface area (Å²) in [6.45, 7) is 4.76. The fourth-order valence-electron chi connectivity index (χ4n) is 2.73. The predicted octanol–water partition coefficient (Wildman–Crippen LogP) is 3.04. The van der Waals surface area contributed by atoms with Crippen molar-refractivity contribution in [3.63, 3.8) is 0 Å². The van der Waals surface area contributed by atoms with Crippen LogP contribution in [0.1, 0.15) is 46.3 Å². The van der Waals surface area contributed by atoms with Crippen LogP contribution >= 0.6 is 0 Å². The molecule has 0 bridgehead atoms. The summed E-state index contributed by atoms with van der Waals surface area (Å²) in [5.41, 5.74) is 3.75. The highest BCUT2D eigenvalue weighted by Gasteiger charge is 2.26. The van der Waals surface area contributed by atoms with Crippen LogP contribution in [-0.4, -0.2) is 11.1 Å². The van der Waals surface area contributed by atoms with Crippen molar-refractivity contribution in [2.24, 2.45) is 5.92 Å². The van der Waals surface area contributed by atoms with Crippen LogP contribution in [0.2, 0.25) is 0 Å². The molecule has 1 amide bonds. The van der Waals surface area contributed by atoms with Gasteiger partial charge in [0.2, 0.25) is 0 Å². The molecule has 3 rings (SSSR count). The Morgan fingerprint density at radius 3 is 2.90 bits per heavy atom. The van der Waals surface area contributed by atoms with Crippen LogP contribution < -0.4 is 5.32 Å². The summed E-state index contributed by atoms with van der Waals surface area (Å²) in [5, 5.41) is 6.90. The van der Waals surface area contributed by atoms with Crippen LogP contribution in [0.25, 0.3) is 0 Å². The van der Waals surface area contributed by atoms with Gasteiger partial charge in [-0.1, -0.05) is 41.9 Å². The SMILES string of the molecule is Cc1ccc(CNC(=O)c2noc3c2CC(C)CC3)cc1. The summed E-state index contributed by atoms with van der Waals surface area (Å²) in [6.07, 6.45) is 2.87. The zero-order valence-corrected chi connectivity index (χ0v) is 12.5. The van der Waals surface area contributed by atoms with Crippen LogP contribution in [0.3, 0.4) is 0 Å². The highest BCUT2D eigenvalue weighted by molar-refractivity contribution is 5.93. The number of rotatable bonds is 3. The first-order valence-electron chi connectivity index (χ1n) is 7.44. The summed E-state index contributed by atoms with van der Waals surface area (Å²) in [6, 6.07) is 8.13.